The lowest BCUT2D eigenvalue weighted by molar-refractivity contribution is -0.125. The first-order valence-electron chi connectivity index (χ1n) is 10.5. The van der Waals surface area contributed by atoms with Gasteiger partial charge >= 0.3 is 0 Å². The average molecular weight is 402 g/mol. The summed E-state index contributed by atoms with van der Waals surface area (Å²) in [5, 5.41) is 3.01. The third kappa shape index (κ3) is 5.12. The van der Waals surface area contributed by atoms with Gasteiger partial charge in [0.2, 0.25) is 5.91 Å². The van der Waals surface area contributed by atoms with Crippen LogP contribution < -0.4 is 15.8 Å². The fourth-order valence-corrected chi connectivity index (χ4v) is 3.66. The van der Waals surface area contributed by atoms with Gasteiger partial charge in [0, 0.05) is 44.9 Å². The first-order valence-corrected chi connectivity index (χ1v) is 10.5. The van der Waals surface area contributed by atoms with E-state index in [1.165, 1.54) is 0 Å². The molecule has 1 fully saturated rings. The van der Waals surface area contributed by atoms with Gasteiger partial charge in [-0.3, -0.25) is 14.2 Å². The SMILES string of the molecule is CCn1c(=O)c(N2CCC(C(=O)NCCCOC(C)C)CC2)nc2cccnc21. The van der Waals surface area contributed by atoms with Gasteiger partial charge < -0.3 is 15.0 Å². The maximum absolute atomic E-state index is 12.9. The van der Waals surface area contributed by atoms with Gasteiger partial charge in [0.25, 0.3) is 5.56 Å². The van der Waals surface area contributed by atoms with Crippen molar-refractivity contribution in [2.24, 2.45) is 5.92 Å². The molecule has 1 saturated heterocycles. The molecule has 2 aromatic heterocycles. The Hall–Kier alpha value is -2.48. The van der Waals surface area contributed by atoms with Gasteiger partial charge in [-0.1, -0.05) is 0 Å². The minimum Gasteiger partial charge on any atom is -0.379 e. The van der Waals surface area contributed by atoms with Crippen LogP contribution in [-0.2, 0) is 16.1 Å². The molecular weight excluding hydrogens is 370 g/mol. The molecule has 0 aliphatic carbocycles. The van der Waals surface area contributed by atoms with E-state index in [1.807, 2.05) is 37.8 Å². The van der Waals surface area contributed by atoms with Gasteiger partial charge in [-0.25, -0.2) is 9.97 Å². The minimum atomic E-state index is -0.119. The molecular formula is C21H31N5O3. The molecule has 0 radical (unpaired) electrons. The highest BCUT2D eigenvalue weighted by molar-refractivity contribution is 5.79. The number of carbonyl (C=O) groups is 1. The van der Waals surface area contributed by atoms with E-state index in [0.717, 1.165) is 6.42 Å². The predicted octanol–water partition coefficient (Wildman–Crippen LogP) is 1.96. The van der Waals surface area contributed by atoms with Gasteiger partial charge in [0.15, 0.2) is 11.5 Å². The standard InChI is InChI=1S/C21H31N5O3/c1-4-26-18-17(7-5-10-22-18)24-19(21(26)28)25-12-8-16(9-13-25)20(27)23-11-6-14-29-15(2)3/h5,7,10,15-16H,4,6,8-9,11-14H2,1-3H3,(H,23,27). The van der Waals surface area contributed by atoms with Crippen molar-refractivity contribution in [2.45, 2.75) is 52.7 Å². The number of fused-ring (bicyclic) bond motifs is 1. The number of nitrogens with one attached hydrogen (secondary N) is 1. The molecule has 1 N–H and O–H groups in total. The van der Waals surface area contributed by atoms with Crippen molar-refractivity contribution in [1.29, 1.82) is 0 Å². The Bertz CT molecular complexity index is 888. The van der Waals surface area contributed by atoms with E-state index in [4.69, 9.17) is 4.74 Å². The summed E-state index contributed by atoms with van der Waals surface area (Å²) >= 11 is 0. The first-order chi connectivity index (χ1) is 14.0. The van der Waals surface area contributed by atoms with E-state index in [2.05, 4.69) is 15.3 Å². The van der Waals surface area contributed by atoms with E-state index >= 15 is 0 Å². The van der Waals surface area contributed by atoms with Crippen molar-refractivity contribution in [3.8, 4) is 0 Å². The van der Waals surface area contributed by atoms with Crippen molar-refractivity contribution in [1.82, 2.24) is 19.9 Å². The van der Waals surface area contributed by atoms with Gasteiger partial charge in [0.1, 0.15) is 5.52 Å². The maximum atomic E-state index is 12.9. The van der Waals surface area contributed by atoms with Crippen molar-refractivity contribution in [3.05, 3.63) is 28.7 Å². The number of amides is 1. The summed E-state index contributed by atoms with van der Waals surface area (Å²) in [5.74, 6) is 0.528. The lowest BCUT2D eigenvalue weighted by atomic mass is 9.96. The predicted molar refractivity (Wildman–Crippen MR) is 113 cm³/mol. The molecule has 158 valence electrons. The number of aryl methyl sites for hydroxylation is 1. The fraction of sp³-hybridized carbons (Fsp3) is 0.619. The van der Waals surface area contributed by atoms with Crippen LogP contribution in [0.4, 0.5) is 5.82 Å². The summed E-state index contributed by atoms with van der Waals surface area (Å²) in [4.78, 5) is 36.2. The third-order valence-electron chi connectivity index (χ3n) is 5.24. The van der Waals surface area contributed by atoms with Gasteiger partial charge in [-0.15, -0.1) is 0 Å². The zero-order valence-electron chi connectivity index (χ0n) is 17.6. The van der Waals surface area contributed by atoms with Crippen LogP contribution in [0.15, 0.2) is 23.1 Å². The second kappa shape index (κ2) is 9.82. The number of ether oxygens (including phenoxy) is 1. The second-order valence-corrected chi connectivity index (χ2v) is 7.66. The smallest absolute Gasteiger partial charge is 0.295 e. The highest BCUT2D eigenvalue weighted by atomic mass is 16.5. The summed E-state index contributed by atoms with van der Waals surface area (Å²) in [7, 11) is 0. The molecule has 3 rings (SSSR count). The highest BCUT2D eigenvalue weighted by Crippen LogP contribution is 2.21. The highest BCUT2D eigenvalue weighted by Gasteiger charge is 2.27. The number of nitrogens with zero attached hydrogens (tertiary/aromatic N) is 4. The largest absolute Gasteiger partial charge is 0.379 e. The van der Waals surface area contributed by atoms with Crippen LogP contribution in [-0.4, -0.2) is 52.8 Å². The van der Waals surface area contributed by atoms with Crippen LogP contribution in [0.25, 0.3) is 11.2 Å². The number of aromatic nitrogens is 3. The number of anilines is 1. The molecule has 1 aliphatic heterocycles. The quantitative estimate of drug-likeness (QED) is 0.680. The number of pyridine rings is 1. The molecule has 0 aromatic carbocycles. The molecule has 0 spiro atoms. The van der Waals surface area contributed by atoms with Crippen LogP contribution >= 0.6 is 0 Å². The fourth-order valence-electron chi connectivity index (χ4n) is 3.66. The Morgan fingerprint density at radius 1 is 1.34 bits per heavy atom. The zero-order valence-corrected chi connectivity index (χ0v) is 17.6. The Labute approximate surface area is 171 Å². The third-order valence-corrected chi connectivity index (χ3v) is 5.24. The Kier molecular flexibility index (Phi) is 7.19. The van der Waals surface area contributed by atoms with E-state index in [-0.39, 0.29) is 23.5 Å². The summed E-state index contributed by atoms with van der Waals surface area (Å²) < 4.78 is 7.15. The molecule has 0 saturated carbocycles. The summed E-state index contributed by atoms with van der Waals surface area (Å²) in [5.41, 5.74) is 1.21. The Balaban J connectivity index is 1.59. The summed E-state index contributed by atoms with van der Waals surface area (Å²) in [6, 6.07) is 3.70. The van der Waals surface area contributed by atoms with Crippen LogP contribution in [0, 0.1) is 5.92 Å². The molecule has 29 heavy (non-hydrogen) atoms. The Morgan fingerprint density at radius 2 is 2.10 bits per heavy atom. The Morgan fingerprint density at radius 3 is 2.79 bits per heavy atom. The number of rotatable bonds is 8. The first kappa shape index (κ1) is 21.2. The van der Waals surface area contributed by atoms with Gasteiger partial charge in [-0.05, 0) is 52.2 Å². The van der Waals surface area contributed by atoms with E-state index in [0.29, 0.717) is 62.6 Å². The maximum Gasteiger partial charge on any atom is 0.295 e. The molecule has 1 amide bonds. The molecule has 0 unspecified atom stereocenters. The normalized spacial score (nSPS) is 15.2. The number of carbonyl (C=O) groups excluding carboxylic acids is 1. The van der Waals surface area contributed by atoms with Crippen LogP contribution in [0.2, 0.25) is 0 Å². The molecule has 0 bridgehead atoms. The molecule has 8 heteroatoms. The lowest BCUT2D eigenvalue weighted by Crippen LogP contribution is -2.43. The van der Waals surface area contributed by atoms with Crippen molar-refractivity contribution < 1.29 is 9.53 Å². The monoisotopic (exact) mass is 401 g/mol. The van der Waals surface area contributed by atoms with E-state index in [1.54, 1.807) is 10.8 Å². The van der Waals surface area contributed by atoms with Gasteiger partial charge in [-0.2, -0.15) is 0 Å². The van der Waals surface area contributed by atoms with Crippen molar-refractivity contribution >= 4 is 22.9 Å². The van der Waals surface area contributed by atoms with Gasteiger partial charge in [0.05, 0.1) is 6.10 Å². The zero-order chi connectivity index (χ0) is 20.8. The molecule has 1 aliphatic rings. The second-order valence-electron chi connectivity index (χ2n) is 7.66. The molecule has 0 atom stereocenters. The molecule has 2 aromatic rings. The van der Waals surface area contributed by atoms with Crippen LogP contribution in [0.5, 0.6) is 0 Å². The topological polar surface area (TPSA) is 89.4 Å². The number of hydrogen-bond acceptors (Lipinski definition) is 6. The summed E-state index contributed by atoms with van der Waals surface area (Å²) in [6.07, 6.45) is 4.13. The number of hydrogen-bond donors (Lipinski definition) is 1. The average Bonchev–Trinajstić information content (AvgIpc) is 2.73. The lowest BCUT2D eigenvalue weighted by Gasteiger charge is -2.32. The van der Waals surface area contributed by atoms with Crippen molar-refractivity contribution in [2.75, 3.05) is 31.1 Å². The van der Waals surface area contributed by atoms with Crippen molar-refractivity contribution in [3.63, 3.8) is 0 Å². The number of piperidine rings is 1. The van der Waals surface area contributed by atoms with E-state index in [9.17, 15) is 9.59 Å². The minimum absolute atomic E-state index is 0.0206. The molecule has 3 heterocycles. The van der Waals surface area contributed by atoms with Crippen LogP contribution in [0.1, 0.15) is 40.0 Å². The van der Waals surface area contributed by atoms with Crippen LogP contribution in [0.3, 0.4) is 0 Å². The van der Waals surface area contributed by atoms with E-state index < -0.39 is 0 Å². The molecule has 8 nitrogen and oxygen atoms in total. The summed E-state index contributed by atoms with van der Waals surface area (Å²) in [6.45, 7) is 9.06.